The van der Waals surface area contributed by atoms with Crippen molar-refractivity contribution in [2.24, 2.45) is 0 Å². The van der Waals surface area contributed by atoms with E-state index in [-0.39, 0.29) is 12.0 Å². The first-order valence-electron chi connectivity index (χ1n) is 5.72. The molecule has 0 radical (unpaired) electrons. The molecule has 0 aliphatic carbocycles. The Balaban J connectivity index is 2.06. The minimum absolute atomic E-state index is 0.174. The van der Waals surface area contributed by atoms with Crippen LogP contribution in [0.25, 0.3) is 0 Å². The van der Waals surface area contributed by atoms with E-state index >= 15 is 0 Å². The maximum Gasteiger partial charge on any atom is 0.123 e. The summed E-state index contributed by atoms with van der Waals surface area (Å²) in [7, 11) is 0. The Morgan fingerprint density at radius 2 is 2.27 bits per heavy atom. The molecule has 0 spiro atoms. The minimum atomic E-state index is -0.256. The van der Waals surface area contributed by atoms with Gasteiger partial charge >= 0.3 is 0 Å². The van der Waals surface area contributed by atoms with Crippen LogP contribution in [-0.4, -0.2) is 17.8 Å². The molecule has 0 saturated heterocycles. The van der Waals surface area contributed by atoms with Gasteiger partial charge in [-0.1, -0.05) is 38.0 Å². The fraction of sp³-hybridized carbons (Fsp3) is 0.538. The van der Waals surface area contributed by atoms with Crippen molar-refractivity contribution in [1.29, 1.82) is 0 Å². The Hall–Kier alpha value is -1.02. The van der Waals surface area contributed by atoms with E-state index in [1.165, 1.54) is 5.56 Å². The third kappa shape index (κ3) is 2.15. The van der Waals surface area contributed by atoms with Crippen LogP contribution in [-0.2, 0) is 0 Å². The summed E-state index contributed by atoms with van der Waals surface area (Å²) in [4.78, 5) is 0. The van der Waals surface area contributed by atoms with Gasteiger partial charge in [-0.15, -0.1) is 0 Å². The number of aliphatic hydroxyl groups is 1. The molecule has 2 atom stereocenters. The fourth-order valence-electron chi connectivity index (χ4n) is 2.12. The van der Waals surface area contributed by atoms with Gasteiger partial charge in [0.05, 0.1) is 12.7 Å². The van der Waals surface area contributed by atoms with Crippen LogP contribution in [0, 0.1) is 0 Å². The van der Waals surface area contributed by atoms with Crippen LogP contribution in [0.1, 0.15) is 37.7 Å². The summed E-state index contributed by atoms with van der Waals surface area (Å²) in [6.45, 7) is 2.77. The molecule has 2 unspecified atom stereocenters. The van der Waals surface area contributed by atoms with Crippen molar-refractivity contribution in [3.8, 4) is 5.75 Å². The molecule has 82 valence electrons. The van der Waals surface area contributed by atoms with E-state index in [1.807, 2.05) is 18.2 Å². The van der Waals surface area contributed by atoms with Gasteiger partial charge in [0.2, 0.25) is 0 Å². The number of hydrogen-bond acceptors (Lipinski definition) is 2. The zero-order valence-corrected chi connectivity index (χ0v) is 9.15. The lowest BCUT2D eigenvalue weighted by Crippen LogP contribution is -2.19. The Kier molecular flexibility index (Phi) is 3.27. The van der Waals surface area contributed by atoms with Gasteiger partial charge in [-0.3, -0.25) is 0 Å². The molecule has 2 heteroatoms. The topological polar surface area (TPSA) is 29.5 Å². The maximum absolute atomic E-state index is 10.0. The number of ether oxygens (including phenoxy) is 1. The third-order valence-electron chi connectivity index (χ3n) is 3.05. The summed E-state index contributed by atoms with van der Waals surface area (Å²) >= 11 is 0. The molecule has 2 nitrogen and oxygen atoms in total. The van der Waals surface area contributed by atoms with E-state index in [4.69, 9.17) is 4.74 Å². The van der Waals surface area contributed by atoms with Gasteiger partial charge in [0.25, 0.3) is 0 Å². The molecule has 15 heavy (non-hydrogen) atoms. The Morgan fingerprint density at radius 1 is 1.47 bits per heavy atom. The average molecular weight is 206 g/mol. The van der Waals surface area contributed by atoms with Gasteiger partial charge in [-0.25, -0.2) is 0 Å². The summed E-state index contributed by atoms with van der Waals surface area (Å²) in [5, 5.41) is 10.0. The van der Waals surface area contributed by atoms with Crippen molar-refractivity contribution in [2.75, 3.05) is 6.61 Å². The maximum atomic E-state index is 10.0. The summed E-state index contributed by atoms with van der Waals surface area (Å²) in [5.41, 5.74) is 1.17. The lowest BCUT2D eigenvalue weighted by Gasteiger charge is -2.16. The Morgan fingerprint density at radius 3 is 3.07 bits per heavy atom. The van der Waals surface area contributed by atoms with Crippen molar-refractivity contribution in [1.82, 2.24) is 0 Å². The van der Waals surface area contributed by atoms with Gasteiger partial charge in [-0.05, 0) is 12.5 Å². The van der Waals surface area contributed by atoms with Gasteiger partial charge in [0, 0.05) is 11.5 Å². The van der Waals surface area contributed by atoms with Crippen molar-refractivity contribution in [2.45, 2.75) is 38.2 Å². The van der Waals surface area contributed by atoms with Crippen LogP contribution in [0.15, 0.2) is 24.3 Å². The van der Waals surface area contributed by atoms with Crippen LogP contribution in [0.2, 0.25) is 0 Å². The van der Waals surface area contributed by atoms with E-state index in [0.717, 1.165) is 25.0 Å². The highest BCUT2D eigenvalue weighted by Crippen LogP contribution is 2.36. The standard InChI is InChI=1S/C13H18O2/c1-2-3-7-12(14)11-9-15-13-8-5-4-6-10(11)13/h4-6,8,11-12,14H,2-3,7,9H2,1H3. The lowest BCUT2D eigenvalue weighted by atomic mass is 9.92. The molecule has 0 amide bonds. The molecular weight excluding hydrogens is 188 g/mol. The summed E-state index contributed by atoms with van der Waals surface area (Å²) in [6.07, 6.45) is 2.83. The Labute approximate surface area is 90.9 Å². The first-order chi connectivity index (χ1) is 7.33. The zero-order chi connectivity index (χ0) is 10.7. The molecule has 1 aromatic carbocycles. The normalized spacial score (nSPS) is 20.8. The van der Waals surface area contributed by atoms with Gasteiger partial charge in [0.15, 0.2) is 0 Å². The van der Waals surface area contributed by atoms with E-state index in [1.54, 1.807) is 0 Å². The highest BCUT2D eigenvalue weighted by Gasteiger charge is 2.29. The van der Waals surface area contributed by atoms with Crippen molar-refractivity contribution in [3.63, 3.8) is 0 Å². The van der Waals surface area contributed by atoms with Gasteiger partial charge < -0.3 is 9.84 Å². The van der Waals surface area contributed by atoms with Crippen LogP contribution < -0.4 is 4.74 Å². The molecule has 1 aliphatic rings. The van der Waals surface area contributed by atoms with Gasteiger partial charge in [-0.2, -0.15) is 0 Å². The summed E-state index contributed by atoms with van der Waals surface area (Å²) in [6, 6.07) is 8.01. The number of fused-ring (bicyclic) bond motifs is 1. The fourth-order valence-corrected chi connectivity index (χ4v) is 2.12. The van der Waals surface area contributed by atoms with Crippen LogP contribution in [0.4, 0.5) is 0 Å². The van der Waals surface area contributed by atoms with E-state index < -0.39 is 0 Å². The first kappa shape index (κ1) is 10.5. The van der Waals surface area contributed by atoms with E-state index in [0.29, 0.717) is 6.61 Å². The molecule has 0 saturated carbocycles. The molecule has 1 aromatic rings. The van der Waals surface area contributed by atoms with Crippen molar-refractivity contribution >= 4 is 0 Å². The molecule has 0 bridgehead atoms. The number of benzene rings is 1. The quantitative estimate of drug-likeness (QED) is 0.820. The van der Waals surface area contributed by atoms with Crippen molar-refractivity contribution in [3.05, 3.63) is 29.8 Å². The summed E-state index contributed by atoms with van der Waals surface area (Å²) in [5.74, 6) is 1.12. The number of unbranched alkanes of at least 4 members (excludes halogenated alkanes) is 1. The largest absolute Gasteiger partial charge is 0.493 e. The summed E-state index contributed by atoms with van der Waals surface area (Å²) < 4.78 is 5.55. The molecule has 1 aliphatic heterocycles. The number of aliphatic hydroxyl groups excluding tert-OH is 1. The Bertz CT molecular complexity index is 322. The highest BCUT2D eigenvalue weighted by molar-refractivity contribution is 5.40. The predicted octanol–water partition coefficient (Wildman–Crippen LogP) is 2.71. The van der Waals surface area contributed by atoms with E-state index in [9.17, 15) is 5.11 Å². The van der Waals surface area contributed by atoms with Gasteiger partial charge in [0.1, 0.15) is 5.75 Å². The lowest BCUT2D eigenvalue weighted by molar-refractivity contribution is 0.118. The third-order valence-corrected chi connectivity index (χ3v) is 3.05. The van der Waals surface area contributed by atoms with E-state index in [2.05, 4.69) is 13.0 Å². The highest BCUT2D eigenvalue weighted by atomic mass is 16.5. The van der Waals surface area contributed by atoms with Crippen LogP contribution >= 0.6 is 0 Å². The second kappa shape index (κ2) is 4.67. The molecule has 0 aromatic heterocycles. The second-order valence-corrected chi connectivity index (χ2v) is 4.16. The smallest absolute Gasteiger partial charge is 0.123 e. The average Bonchev–Trinajstić information content (AvgIpc) is 2.69. The number of hydrogen-bond donors (Lipinski definition) is 1. The molecule has 1 N–H and O–H groups in total. The zero-order valence-electron chi connectivity index (χ0n) is 9.15. The monoisotopic (exact) mass is 206 g/mol. The second-order valence-electron chi connectivity index (χ2n) is 4.16. The molecule has 2 rings (SSSR count). The molecule has 0 fully saturated rings. The predicted molar refractivity (Wildman–Crippen MR) is 60.2 cm³/mol. The first-order valence-corrected chi connectivity index (χ1v) is 5.72. The minimum Gasteiger partial charge on any atom is -0.493 e. The van der Waals surface area contributed by atoms with Crippen molar-refractivity contribution < 1.29 is 9.84 Å². The van der Waals surface area contributed by atoms with Crippen LogP contribution in [0.5, 0.6) is 5.75 Å². The SMILES string of the molecule is CCCCC(O)C1COc2ccccc21. The number of para-hydroxylation sites is 1. The van der Waals surface area contributed by atoms with Crippen LogP contribution in [0.3, 0.4) is 0 Å². The molecule has 1 heterocycles. The molecular formula is C13H18O2. The number of rotatable bonds is 4.